The molecule has 3 heterocycles. The standard InChI is InChI=1S/C24H25FN4O4S/c1-15-11-13-29(24(15,2)3)21-18(9-10-19(27-21)16-6-4-7-17(25)14-16)22(30)28-34(32,33)20-8-5-12-26-23(20)31/h4-10,12,14-15H,11,13H2,1-3H3,(H,26,31)(H,28,30). The second-order valence-electron chi connectivity index (χ2n) is 8.87. The van der Waals surface area contributed by atoms with Gasteiger partial charge in [-0.25, -0.2) is 22.5 Å². The fraction of sp³-hybridized carbons (Fsp3) is 0.292. The summed E-state index contributed by atoms with van der Waals surface area (Å²) < 4.78 is 41.3. The van der Waals surface area contributed by atoms with Crippen LogP contribution in [-0.2, 0) is 10.0 Å². The third kappa shape index (κ3) is 4.33. The zero-order valence-electron chi connectivity index (χ0n) is 19.0. The highest BCUT2D eigenvalue weighted by atomic mass is 32.2. The first-order valence-corrected chi connectivity index (χ1v) is 12.3. The minimum absolute atomic E-state index is 0.0401. The number of carbonyl (C=O) groups is 1. The van der Waals surface area contributed by atoms with Gasteiger partial charge in [-0.3, -0.25) is 9.59 Å². The van der Waals surface area contributed by atoms with Crippen LogP contribution in [0.25, 0.3) is 11.3 Å². The number of halogens is 1. The van der Waals surface area contributed by atoms with E-state index in [1.807, 2.05) is 23.5 Å². The summed E-state index contributed by atoms with van der Waals surface area (Å²) in [7, 11) is -4.43. The van der Waals surface area contributed by atoms with Crippen molar-refractivity contribution in [3.05, 3.63) is 76.5 Å². The number of aromatic amines is 1. The highest BCUT2D eigenvalue weighted by molar-refractivity contribution is 7.90. The van der Waals surface area contributed by atoms with Gasteiger partial charge in [0.25, 0.3) is 21.5 Å². The molecule has 0 spiro atoms. The van der Waals surface area contributed by atoms with Gasteiger partial charge in [-0.2, -0.15) is 0 Å². The van der Waals surface area contributed by atoms with Gasteiger partial charge in [-0.15, -0.1) is 0 Å². The number of carbonyl (C=O) groups excluding carboxylic acids is 1. The molecule has 2 aromatic heterocycles. The van der Waals surface area contributed by atoms with Gasteiger partial charge in [-0.05, 0) is 62.6 Å². The minimum atomic E-state index is -4.43. The average molecular weight is 485 g/mol. The third-order valence-corrected chi connectivity index (χ3v) is 7.84. The molecule has 0 aliphatic carbocycles. The predicted molar refractivity (Wildman–Crippen MR) is 127 cm³/mol. The average Bonchev–Trinajstić information content (AvgIpc) is 3.05. The SMILES string of the molecule is CC1CCN(c2nc(-c3cccc(F)c3)ccc2C(=O)NS(=O)(=O)c2ccc[nH]c2=O)C1(C)C. The first-order chi connectivity index (χ1) is 16.0. The van der Waals surface area contributed by atoms with E-state index in [0.717, 1.165) is 12.5 Å². The van der Waals surface area contributed by atoms with Crippen molar-refractivity contribution in [2.45, 2.75) is 37.6 Å². The number of nitrogens with zero attached hydrogens (tertiary/aromatic N) is 2. The van der Waals surface area contributed by atoms with Crippen LogP contribution in [0.5, 0.6) is 0 Å². The molecule has 1 fully saturated rings. The summed E-state index contributed by atoms with van der Waals surface area (Å²) in [6.45, 7) is 6.77. The van der Waals surface area contributed by atoms with Gasteiger partial charge in [0, 0.05) is 23.8 Å². The molecule has 4 rings (SSSR count). The van der Waals surface area contributed by atoms with Crippen LogP contribution >= 0.6 is 0 Å². The number of anilines is 1. The normalized spacial score (nSPS) is 17.5. The van der Waals surface area contributed by atoms with E-state index in [4.69, 9.17) is 0 Å². The smallest absolute Gasteiger partial charge is 0.269 e. The van der Waals surface area contributed by atoms with Crippen LogP contribution in [0.2, 0.25) is 0 Å². The van der Waals surface area contributed by atoms with Crippen molar-refractivity contribution in [2.75, 3.05) is 11.4 Å². The molecule has 1 aromatic carbocycles. The molecule has 1 aliphatic heterocycles. The van der Waals surface area contributed by atoms with Gasteiger partial charge in [0.2, 0.25) is 0 Å². The van der Waals surface area contributed by atoms with Crippen molar-refractivity contribution in [3.63, 3.8) is 0 Å². The second-order valence-corrected chi connectivity index (χ2v) is 10.5. The highest BCUT2D eigenvalue weighted by Gasteiger charge is 2.41. The van der Waals surface area contributed by atoms with Crippen LogP contribution in [0, 0.1) is 11.7 Å². The van der Waals surface area contributed by atoms with Gasteiger partial charge in [0.15, 0.2) is 4.90 Å². The first-order valence-electron chi connectivity index (χ1n) is 10.8. The topological polar surface area (TPSA) is 112 Å². The van der Waals surface area contributed by atoms with E-state index in [9.17, 15) is 22.4 Å². The summed E-state index contributed by atoms with van der Waals surface area (Å²) in [4.78, 5) is 33.5. The van der Waals surface area contributed by atoms with E-state index >= 15 is 0 Å². The molecular formula is C24H25FN4O4S. The fourth-order valence-electron chi connectivity index (χ4n) is 4.10. The van der Waals surface area contributed by atoms with E-state index in [-0.39, 0.29) is 17.0 Å². The van der Waals surface area contributed by atoms with Gasteiger partial charge < -0.3 is 9.88 Å². The Balaban J connectivity index is 1.79. The van der Waals surface area contributed by atoms with Crippen LogP contribution in [0.3, 0.4) is 0 Å². The Morgan fingerprint density at radius 2 is 1.97 bits per heavy atom. The number of aromatic nitrogens is 2. The summed E-state index contributed by atoms with van der Waals surface area (Å²) in [5.74, 6) is -0.746. The molecule has 10 heteroatoms. The molecule has 1 aliphatic rings. The number of nitrogens with one attached hydrogen (secondary N) is 2. The Labute approximate surface area is 196 Å². The molecule has 34 heavy (non-hydrogen) atoms. The largest absolute Gasteiger partial charge is 0.351 e. The fourth-order valence-corrected chi connectivity index (χ4v) is 5.12. The Morgan fingerprint density at radius 1 is 1.21 bits per heavy atom. The van der Waals surface area contributed by atoms with Crippen LogP contribution in [-0.4, -0.2) is 36.4 Å². The number of rotatable bonds is 5. The predicted octanol–water partition coefficient (Wildman–Crippen LogP) is 3.32. The van der Waals surface area contributed by atoms with E-state index in [0.29, 0.717) is 23.6 Å². The van der Waals surface area contributed by atoms with Crippen molar-refractivity contribution in [3.8, 4) is 11.3 Å². The molecule has 1 amide bonds. The second kappa shape index (κ2) is 8.68. The quantitative estimate of drug-likeness (QED) is 0.575. The maximum absolute atomic E-state index is 13.8. The van der Waals surface area contributed by atoms with Gasteiger partial charge in [-0.1, -0.05) is 19.1 Å². The molecule has 0 radical (unpaired) electrons. The molecular weight excluding hydrogens is 459 g/mol. The number of pyridine rings is 2. The maximum Gasteiger partial charge on any atom is 0.269 e. The Kier molecular flexibility index (Phi) is 6.03. The molecule has 8 nitrogen and oxygen atoms in total. The van der Waals surface area contributed by atoms with Crippen molar-refractivity contribution in [1.29, 1.82) is 0 Å². The summed E-state index contributed by atoms with van der Waals surface area (Å²) >= 11 is 0. The van der Waals surface area contributed by atoms with Crippen LogP contribution < -0.4 is 15.2 Å². The number of hydrogen-bond donors (Lipinski definition) is 2. The lowest BCUT2D eigenvalue weighted by atomic mass is 9.90. The molecule has 3 aromatic rings. The van der Waals surface area contributed by atoms with Gasteiger partial charge in [0.05, 0.1) is 11.3 Å². The molecule has 0 saturated carbocycles. The van der Waals surface area contributed by atoms with Crippen molar-refractivity contribution < 1.29 is 17.6 Å². The number of benzene rings is 1. The molecule has 1 unspecified atom stereocenters. The van der Waals surface area contributed by atoms with Crippen molar-refractivity contribution in [1.82, 2.24) is 14.7 Å². The zero-order chi connectivity index (χ0) is 24.7. The van der Waals surface area contributed by atoms with Crippen molar-refractivity contribution >= 4 is 21.7 Å². The first kappa shape index (κ1) is 23.6. The number of hydrogen-bond acceptors (Lipinski definition) is 6. The van der Waals surface area contributed by atoms with E-state index in [2.05, 4.69) is 16.9 Å². The lowest BCUT2D eigenvalue weighted by Crippen LogP contribution is -2.44. The molecule has 1 atom stereocenters. The van der Waals surface area contributed by atoms with Crippen LogP contribution in [0.15, 0.2) is 64.4 Å². The van der Waals surface area contributed by atoms with E-state index in [1.54, 1.807) is 18.2 Å². The monoisotopic (exact) mass is 484 g/mol. The van der Waals surface area contributed by atoms with Gasteiger partial charge in [0.1, 0.15) is 11.6 Å². The van der Waals surface area contributed by atoms with E-state index in [1.165, 1.54) is 30.5 Å². The van der Waals surface area contributed by atoms with Crippen LogP contribution in [0.1, 0.15) is 37.6 Å². The van der Waals surface area contributed by atoms with Crippen LogP contribution in [0.4, 0.5) is 10.2 Å². The number of amides is 1. The zero-order valence-corrected chi connectivity index (χ0v) is 19.8. The Hall–Kier alpha value is -3.53. The molecule has 178 valence electrons. The maximum atomic E-state index is 13.8. The summed E-state index contributed by atoms with van der Waals surface area (Å²) in [6.07, 6.45) is 2.16. The minimum Gasteiger partial charge on any atom is -0.351 e. The summed E-state index contributed by atoms with van der Waals surface area (Å²) in [5.41, 5.74) is -0.182. The highest BCUT2D eigenvalue weighted by Crippen LogP contribution is 2.39. The number of H-pyrrole nitrogens is 1. The number of sulfonamides is 1. The Morgan fingerprint density at radius 3 is 2.62 bits per heavy atom. The molecule has 0 bridgehead atoms. The van der Waals surface area contributed by atoms with E-state index < -0.39 is 32.2 Å². The molecule has 1 saturated heterocycles. The summed E-state index contributed by atoms with van der Waals surface area (Å²) in [6, 6.07) is 11.4. The summed E-state index contributed by atoms with van der Waals surface area (Å²) in [5, 5.41) is 0. The van der Waals surface area contributed by atoms with Gasteiger partial charge >= 0.3 is 0 Å². The third-order valence-electron chi connectivity index (χ3n) is 6.48. The lowest BCUT2D eigenvalue weighted by Gasteiger charge is -2.36. The molecule has 2 N–H and O–H groups in total. The Bertz CT molecular complexity index is 1420. The van der Waals surface area contributed by atoms with Crippen molar-refractivity contribution in [2.24, 2.45) is 5.92 Å². The lowest BCUT2D eigenvalue weighted by molar-refractivity contribution is 0.0981.